The Labute approximate surface area is 226 Å². The number of hydrogen-bond donors (Lipinski definition) is 3. The Bertz CT molecular complexity index is 1250. The third-order valence-electron chi connectivity index (χ3n) is 7.32. The van der Waals surface area contributed by atoms with E-state index in [1.165, 1.54) is 13.0 Å². The van der Waals surface area contributed by atoms with Crippen molar-refractivity contribution in [3.8, 4) is 16.9 Å². The number of phenols is 1. The van der Waals surface area contributed by atoms with Crippen LogP contribution in [0.1, 0.15) is 54.1 Å². The Morgan fingerprint density at radius 1 is 1.03 bits per heavy atom. The Morgan fingerprint density at radius 3 is 2.31 bits per heavy atom. The summed E-state index contributed by atoms with van der Waals surface area (Å²) in [5, 5.41) is 30.1. The van der Waals surface area contributed by atoms with Crippen LogP contribution >= 0.6 is 0 Å². The minimum atomic E-state index is -0.915. The van der Waals surface area contributed by atoms with Crippen LogP contribution in [0.15, 0.2) is 36.4 Å². The van der Waals surface area contributed by atoms with E-state index in [9.17, 15) is 39.3 Å². The molecule has 1 aliphatic rings. The van der Waals surface area contributed by atoms with Crippen LogP contribution in [0.5, 0.6) is 5.75 Å². The Kier molecular flexibility index (Phi) is 10.3. The number of phenolic OH excluding ortho intramolecular Hbond substituents is 1. The first-order valence-corrected chi connectivity index (χ1v) is 12.9. The van der Waals surface area contributed by atoms with Gasteiger partial charge in [-0.25, -0.2) is 4.79 Å². The topological polar surface area (TPSA) is 155 Å². The number of methoxy groups -OCH3 is 1. The molecule has 3 atom stereocenters. The highest BCUT2D eigenvalue weighted by Gasteiger charge is 2.35. The molecule has 0 amide bonds. The summed E-state index contributed by atoms with van der Waals surface area (Å²) in [6.07, 6.45) is 0.782. The van der Waals surface area contributed by atoms with Crippen LogP contribution in [0.25, 0.3) is 11.1 Å². The highest BCUT2D eigenvalue weighted by Crippen LogP contribution is 2.41. The fraction of sp³-hybridized carbons (Fsp3) is 0.433. The maximum absolute atomic E-state index is 13.2. The number of fused-ring (bicyclic) bond motifs is 1. The van der Waals surface area contributed by atoms with E-state index in [1.807, 2.05) is 0 Å². The first-order chi connectivity index (χ1) is 18.6. The Morgan fingerprint density at radius 2 is 1.72 bits per heavy atom. The smallest absolute Gasteiger partial charge is 0.374 e. The van der Waals surface area contributed by atoms with Crippen LogP contribution in [-0.2, 0) is 36.8 Å². The lowest BCUT2D eigenvalue weighted by molar-refractivity contribution is -0.151. The molecular formula is C30H34O9. The SMILES string of the molecule is COC(=O)C(=O)Cc1ccc(-c2ccc(O)c3c2CC(CC(CCO)C(CO)C(=O)CC(C)=O)CC3=O)cc1. The third kappa shape index (κ3) is 7.25. The van der Waals surface area contributed by atoms with Gasteiger partial charge < -0.3 is 20.1 Å². The van der Waals surface area contributed by atoms with Gasteiger partial charge in [0.25, 0.3) is 0 Å². The molecule has 0 heterocycles. The summed E-state index contributed by atoms with van der Waals surface area (Å²) in [6, 6.07) is 10.2. The number of Topliss-reactive ketones (excluding diaryl/α,β-unsaturated/α-hetero) is 4. The van der Waals surface area contributed by atoms with Crippen LogP contribution in [0.3, 0.4) is 0 Å². The minimum absolute atomic E-state index is 0.109. The molecule has 2 aromatic carbocycles. The number of benzene rings is 2. The molecule has 0 bridgehead atoms. The molecule has 3 unspecified atom stereocenters. The van der Waals surface area contributed by atoms with E-state index in [2.05, 4.69) is 4.74 Å². The number of ether oxygens (including phenoxy) is 1. The summed E-state index contributed by atoms with van der Waals surface area (Å²) in [7, 11) is 1.14. The molecule has 1 aliphatic carbocycles. The van der Waals surface area contributed by atoms with E-state index in [0.717, 1.165) is 18.2 Å². The number of carbonyl (C=O) groups is 5. The van der Waals surface area contributed by atoms with Gasteiger partial charge in [0.2, 0.25) is 5.78 Å². The van der Waals surface area contributed by atoms with Crippen molar-refractivity contribution in [3.05, 3.63) is 53.1 Å². The first kappa shape index (κ1) is 29.9. The summed E-state index contributed by atoms with van der Waals surface area (Å²) in [6.45, 7) is 0.648. The molecule has 3 rings (SSSR count). The summed E-state index contributed by atoms with van der Waals surface area (Å²) in [4.78, 5) is 60.6. The van der Waals surface area contributed by atoms with Crippen LogP contribution in [0.4, 0.5) is 0 Å². The molecule has 0 saturated carbocycles. The Hall–Kier alpha value is -3.69. The maximum Gasteiger partial charge on any atom is 0.374 e. The number of hydrogen-bond acceptors (Lipinski definition) is 9. The summed E-state index contributed by atoms with van der Waals surface area (Å²) in [5.74, 6) is -4.06. The number of esters is 1. The zero-order chi connectivity index (χ0) is 28.7. The fourth-order valence-electron chi connectivity index (χ4n) is 5.46. The molecule has 9 nitrogen and oxygen atoms in total. The predicted octanol–water partition coefficient (Wildman–Crippen LogP) is 2.63. The van der Waals surface area contributed by atoms with Crippen LogP contribution in [-0.4, -0.2) is 64.7 Å². The zero-order valence-electron chi connectivity index (χ0n) is 22.1. The molecule has 0 radical (unpaired) electrons. The van der Waals surface area contributed by atoms with E-state index in [0.29, 0.717) is 24.0 Å². The van der Waals surface area contributed by atoms with Crippen molar-refractivity contribution in [1.29, 1.82) is 0 Å². The second kappa shape index (κ2) is 13.4. The van der Waals surface area contributed by atoms with Gasteiger partial charge in [-0.1, -0.05) is 30.3 Å². The molecule has 0 spiro atoms. The van der Waals surface area contributed by atoms with Gasteiger partial charge >= 0.3 is 5.97 Å². The standard InChI is InChI=1S/C30H34O9/c1-17(33)11-26(35)24(16-32)21(9-10-31)12-19-13-23-22(7-8-25(34)29(23)27(36)15-19)20-5-3-18(4-6-20)14-28(37)30(38)39-2/h3-8,19,21,24,31-32,34H,9-16H2,1-2H3. The van der Waals surface area contributed by atoms with Gasteiger partial charge in [0.05, 0.1) is 25.7 Å². The van der Waals surface area contributed by atoms with Gasteiger partial charge in [-0.05, 0) is 66.3 Å². The van der Waals surface area contributed by atoms with Crippen molar-refractivity contribution < 1.29 is 44.0 Å². The monoisotopic (exact) mass is 538 g/mol. The molecule has 0 fully saturated rings. The number of carbonyl (C=O) groups excluding carboxylic acids is 5. The number of aromatic hydroxyl groups is 1. The number of rotatable bonds is 13. The fourth-order valence-corrected chi connectivity index (χ4v) is 5.46. The van der Waals surface area contributed by atoms with E-state index < -0.39 is 30.2 Å². The van der Waals surface area contributed by atoms with Gasteiger partial charge in [0.15, 0.2) is 5.78 Å². The predicted molar refractivity (Wildman–Crippen MR) is 141 cm³/mol. The van der Waals surface area contributed by atoms with Gasteiger partial charge in [0.1, 0.15) is 17.3 Å². The minimum Gasteiger partial charge on any atom is -0.507 e. The van der Waals surface area contributed by atoms with E-state index in [4.69, 9.17) is 0 Å². The van der Waals surface area contributed by atoms with Crippen molar-refractivity contribution in [2.45, 2.75) is 45.4 Å². The summed E-state index contributed by atoms with van der Waals surface area (Å²) < 4.78 is 4.46. The molecule has 3 N–H and O–H groups in total. The lowest BCUT2D eigenvalue weighted by atomic mass is 9.72. The quantitative estimate of drug-likeness (QED) is 0.198. The van der Waals surface area contributed by atoms with Gasteiger partial charge in [0, 0.05) is 25.4 Å². The lowest BCUT2D eigenvalue weighted by Gasteiger charge is -2.31. The third-order valence-corrected chi connectivity index (χ3v) is 7.32. The van der Waals surface area contributed by atoms with Crippen molar-refractivity contribution >= 4 is 29.1 Å². The molecule has 0 aromatic heterocycles. The maximum atomic E-state index is 13.2. The average Bonchev–Trinajstić information content (AvgIpc) is 2.88. The first-order valence-electron chi connectivity index (χ1n) is 12.9. The van der Waals surface area contributed by atoms with Crippen LogP contribution in [0, 0.1) is 17.8 Å². The van der Waals surface area contributed by atoms with Gasteiger partial charge in [-0.3, -0.25) is 19.2 Å². The molecule has 9 heteroatoms. The molecule has 0 saturated heterocycles. The van der Waals surface area contributed by atoms with Crippen molar-refractivity contribution in [2.75, 3.05) is 20.3 Å². The van der Waals surface area contributed by atoms with E-state index in [1.54, 1.807) is 30.3 Å². The molecular weight excluding hydrogens is 504 g/mol. The van der Waals surface area contributed by atoms with Gasteiger partial charge in [-0.15, -0.1) is 0 Å². The van der Waals surface area contributed by atoms with E-state index in [-0.39, 0.29) is 66.9 Å². The van der Waals surface area contributed by atoms with Gasteiger partial charge in [-0.2, -0.15) is 0 Å². The second-order valence-corrected chi connectivity index (χ2v) is 10.1. The summed E-state index contributed by atoms with van der Waals surface area (Å²) >= 11 is 0. The molecule has 39 heavy (non-hydrogen) atoms. The largest absolute Gasteiger partial charge is 0.507 e. The average molecular weight is 539 g/mol. The van der Waals surface area contributed by atoms with Crippen molar-refractivity contribution in [2.24, 2.45) is 17.8 Å². The van der Waals surface area contributed by atoms with E-state index >= 15 is 0 Å². The zero-order valence-corrected chi connectivity index (χ0v) is 22.1. The lowest BCUT2D eigenvalue weighted by Crippen LogP contribution is -2.32. The normalized spacial score (nSPS) is 16.2. The van der Waals surface area contributed by atoms with Crippen molar-refractivity contribution in [3.63, 3.8) is 0 Å². The molecule has 2 aromatic rings. The molecule has 0 aliphatic heterocycles. The van der Waals surface area contributed by atoms with Crippen LogP contribution in [0.2, 0.25) is 0 Å². The number of ketones is 4. The Balaban J connectivity index is 1.89. The van der Waals surface area contributed by atoms with Crippen molar-refractivity contribution in [1.82, 2.24) is 0 Å². The second-order valence-electron chi connectivity index (χ2n) is 10.1. The number of aliphatic hydroxyl groups excluding tert-OH is 2. The summed E-state index contributed by atoms with van der Waals surface area (Å²) in [5.41, 5.74) is 3.02. The number of aliphatic hydroxyl groups is 2. The highest BCUT2D eigenvalue weighted by molar-refractivity contribution is 6.34. The van der Waals surface area contributed by atoms with Crippen LogP contribution < -0.4 is 0 Å². The molecule has 208 valence electrons. The highest BCUT2D eigenvalue weighted by atomic mass is 16.5.